The van der Waals surface area contributed by atoms with E-state index in [0.717, 1.165) is 30.8 Å². The lowest BCUT2D eigenvalue weighted by molar-refractivity contribution is -0.143. The van der Waals surface area contributed by atoms with E-state index < -0.39 is 5.54 Å². The van der Waals surface area contributed by atoms with Crippen LogP contribution < -0.4 is 10.6 Å². The molecule has 0 aliphatic carbocycles. The van der Waals surface area contributed by atoms with Gasteiger partial charge in [0, 0.05) is 25.1 Å². The van der Waals surface area contributed by atoms with Crippen molar-refractivity contribution in [2.75, 3.05) is 32.0 Å². The van der Waals surface area contributed by atoms with Gasteiger partial charge < -0.3 is 15.5 Å². The minimum absolute atomic E-state index is 0. The molecule has 152 valence electrons. The zero-order valence-corrected chi connectivity index (χ0v) is 17.2. The zero-order chi connectivity index (χ0) is 19.3. The maximum atomic E-state index is 13.3. The quantitative estimate of drug-likeness (QED) is 0.770. The lowest BCUT2D eigenvalue weighted by Gasteiger charge is -2.39. The third kappa shape index (κ3) is 4.54. The molecular weight excluding hydrogens is 378 g/mol. The second kappa shape index (κ2) is 9.71. The summed E-state index contributed by atoms with van der Waals surface area (Å²) in [4.78, 5) is 27.3. The number of nitrogens with zero attached hydrogens (tertiary/aromatic N) is 3. The number of nitrogens with one attached hydrogen (secondary N) is 2. The fourth-order valence-electron chi connectivity index (χ4n) is 3.69. The molecule has 0 unspecified atom stereocenters. The van der Waals surface area contributed by atoms with Crippen LogP contribution >= 0.6 is 12.4 Å². The monoisotopic (exact) mass is 405 g/mol. The molecular formula is C20H28ClN5O2. The molecule has 0 bridgehead atoms. The summed E-state index contributed by atoms with van der Waals surface area (Å²) >= 11 is 0. The molecule has 0 spiro atoms. The van der Waals surface area contributed by atoms with Gasteiger partial charge in [0.2, 0.25) is 5.91 Å². The van der Waals surface area contributed by atoms with E-state index in [1.165, 1.54) is 4.90 Å². The number of piperidine rings is 1. The van der Waals surface area contributed by atoms with Gasteiger partial charge in [-0.15, -0.1) is 12.4 Å². The van der Waals surface area contributed by atoms with Gasteiger partial charge >= 0.3 is 0 Å². The molecule has 1 aliphatic heterocycles. The number of likely N-dealkylation sites (N-methyl/N-ethyl adjacent to an activating group) is 1. The van der Waals surface area contributed by atoms with Crippen molar-refractivity contribution >= 4 is 29.9 Å². The third-order valence-corrected chi connectivity index (χ3v) is 5.17. The van der Waals surface area contributed by atoms with Crippen LogP contribution in [0.2, 0.25) is 0 Å². The van der Waals surface area contributed by atoms with E-state index in [4.69, 9.17) is 0 Å². The van der Waals surface area contributed by atoms with Gasteiger partial charge in [0.15, 0.2) is 0 Å². The Kier molecular flexibility index (Phi) is 7.60. The van der Waals surface area contributed by atoms with Crippen molar-refractivity contribution in [3.63, 3.8) is 0 Å². The summed E-state index contributed by atoms with van der Waals surface area (Å²) in [5.74, 6) is -0.275. The topological polar surface area (TPSA) is 79.3 Å². The van der Waals surface area contributed by atoms with E-state index in [0.29, 0.717) is 12.8 Å². The molecule has 3 rings (SSSR count). The average Bonchev–Trinajstić information content (AvgIpc) is 3.23. The number of rotatable bonds is 6. The Labute approximate surface area is 171 Å². The molecule has 1 aromatic carbocycles. The normalized spacial score (nSPS) is 15.4. The molecule has 1 fully saturated rings. The highest BCUT2D eigenvalue weighted by atomic mass is 35.5. The molecule has 1 saturated heterocycles. The van der Waals surface area contributed by atoms with Crippen molar-refractivity contribution in [2.24, 2.45) is 0 Å². The molecule has 28 heavy (non-hydrogen) atoms. The van der Waals surface area contributed by atoms with Crippen LogP contribution in [0.15, 0.2) is 42.7 Å². The number of halogens is 1. The molecule has 0 saturated carbocycles. The molecule has 7 nitrogen and oxygen atoms in total. The lowest BCUT2D eigenvalue weighted by atomic mass is 9.87. The minimum atomic E-state index is -0.731. The lowest BCUT2D eigenvalue weighted by Crippen LogP contribution is -2.55. The van der Waals surface area contributed by atoms with Crippen molar-refractivity contribution < 1.29 is 9.59 Å². The van der Waals surface area contributed by atoms with Gasteiger partial charge in [-0.05, 0) is 50.0 Å². The first kappa shape index (κ1) is 21.9. The van der Waals surface area contributed by atoms with Crippen LogP contribution in [0.4, 0.5) is 5.69 Å². The first-order chi connectivity index (χ1) is 13.1. The van der Waals surface area contributed by atoms with E-state index >= 15 is 0 Å². The first-order valence-electron chi connectivity index (χ1n) is 9.41. The second-order valence-electron chi connectivity index (χ2n) is 6.95. The van der Waals surface area contributed by atoms with Crippen molar-refractivity contribution in [2.45, 2.75) is 31.7 Å². The molecule has 1 aliphatic rings. The highest BCUT2D eigenvalue weighted by molar-refractivity contribution is 5.96. The van der Waals surface area contributed by atoms with Crippen LogP contribution in [0.25, 0.3) is 0 Å². The SMILES string of the molecule is CCc1ccccc1NC(=O)CN(C)C(=O)C1(n2cccn2)CCNCC1.Cl. The van der Waals surface area contributed by atoms with E-state index in [2.05, 4.69) is 15.7 Å². The van der Waals surface area contributed by atoms with Gasteiger partial charge in [-0.25, -0.2) is 0 Å². The number of hydrogen-bond donors (Lipinski definition) is 2. The number of aromatic nitrogens is 2. The summed E-state index contributed by atoms with van der Waals surface area (Å²) in [5.41, 5.74) is 1.14. The predicted molar refractivity (Wildman–Crippen MR) is 112 cm³/mol. The van der Waals surface area contributed by atoms with Crippen LogP contribution in [-0.2, 0) is 21.5 Å². The molecule has 8 heteroatoms. The van der Waals surface area contributed by atoms with Crippen molar-refractivity contribution in [1.29, 1.82) is 0 Å². The largest absolute Gasteiger partial charge is 0.334 e. The Balaban J connectivity index is 0.00000280. The third-order valence-electron chi connectivity index (χ3n) is 5.17. The minimum Gasteiger partial charge on any atom is -0.334 e. The Morgan fingerprint density at radius 2 is 1.96 bits per heavy atom. The molecule has 0 atom stereocenters. The number of hydrogen-bond acceptors (Lipinski definition) is 4. The molecule has 2 heterocycles. The first-order valence-corrected chi connectivity index (χ1v) is 9.41. The zero-order valence-electron chi connectivity index (χ0n) is 16.4. The van der Waals surface area contributed by atoms with Gasteiger partial charge in [0.25, 0.3) is 5.91 Å². The fraction of sp³-hybridized carbons (Fsp3) is 0.450. The Morgan fingerprint density at radius 1 is 1.25 bits per heavy atom. The molecule has 2 amide bonds. The van der Waals surface area contributed by atoms with Gasteiger partial charge in [0.1, 0.15) is 5.54 Å². The van der Waals surface area contributed by atoms with E-state index in [9.17, 15) is 9.59 Å². The summed E-state index contributed by atoms with van der Waals surface area (Å²) in [6.07, 6.45) is 5.65. The highest BCUT2D eigenvalue weighted by Crippen LogP contribution is 2.29. The van der Waals surface area contributed by atoms with Crippen molar-refractivity contribution in [3.05, 3.63) is 48.3 Å². The van der Waals surface area contributed by atoms with Gasteiger partial charge in [-0.3, -0.25) is 14.3 Å². The summed E-state index contributed by atoms with van der Waals surface area (Å²) in [5, 5.41) is 10.5. The number of carbonyl (C=O) groups excluding carboxylic acids is 2. The van der Waals surface area contributed by atoms with Crippen LogP contribution in [0.1, 0.15) is 25.3 Å². The number of amides is 2. The second-order valence-corrected chi connectivity index (χ2v) is 6.95. The van der Waals surface area contributed by atoms with Crippen LogP contribution in [0.3, 0.4) is 0 Å². The van der Waals surface area contributed by atoms with E-state index in [1.54, 1.807) is 17.9 Å². The summed E-state index contributed by atoms with van der Waals surface area (Å²) in [7, 11) is 1.68. The predicted octanol–water partition coefficient (Wildman–Crippen LogP) is 2.04. The number of benzene rings is 1. The van der Waals surface area contributed by atoms with Gasteiger partial charge in [-0.1, -0.05) is 25.1 Å². The molecule has 0 radical (unpaired) electrons. The summed E-state index contributed by atoms with van der Waals surface area (Å²) < 4.78 is 1.75. The average molecular weight is 406 g/mol. The molecule has 2 aromatic rings. The van der Waals surface area contributed by atoms with Crippen LogP contribution in [-0.4, -0.2) is 53.2 Å². The molecule has 2 N–H and O–H groups in total. The van der Waals surface area contributed by atoms with E-state index in [1.807, 2.05) is 43.5 Å². The smallest absolute Gasteiger partial charge is 0.250 e. The summed E-state index contributed by atoms with van der Waals surface area (Å²) in [6, 6.07) is 9.55. The maximum absolute atomic E-state index is 13.3. The highest BCUT2D eigenvalue weighted by Gasteiger charge is 2.43. The molecule has 1 aromatic heterocycles. The van der Waals surface area contributed by atoms with Gasteiger partial charge in [0.05, 0.1) is 6.54 Å². The standard InChI is InChI=1S/C20H27N5O2.ClH/c1-3-16-7-4-5-8-17(16)23-18(26)15-24(2)19(27)20(9-12-21-13-10-20)25-14-6-11-22-25;/h4-8,11,14,21H,3,9-10,12-13,15H2,1-2H3,(H,23,26);1H. The van der Waals surface area contributed by atoms with Crippen molar-refractivity contribution in [3.8, 4) is 0 Å². The Morgan fingerprint density at radius 3 is 2.61 bits per heavy atom. The number of carbonyl (C=O) groups is 2. The Bertz CT molecular complexity index is 788. The number of para-hydroxylation sites is 1. The number of aryl methyl sites for hydroxylation is 1. The van der Waals surface area contributed by atoms with E-state index in [-0.39, 0.29) is 30.8 Å². The maximum Gasteiger partial charge on any atom is 0.250 e. The number of anilines is 1. The summed E-state index contributed by atoms with van der Waals surface area (Å²) in [6.45, 7) is 3.55. The van der Waals surface area contributed by atoms with Crippen LogP contribution in [0.5, 0.6) is 0 Å². The fourth-order valence-corrected chi connectivity index (χ4v) is 3.69. The van der Waals surface area contributed by atoms with Crippen molar-refractivity contribution in [1.82, 2.24) is 20.0 Å². The van der Waals surface area contributed by atoms with Gasteiger partial charge in [-0.2, -0.15) is 5.10 Å². The van der Waals surface area contributed by atoms with Crippen LogP contribution in [0, 0.1) is 0 Å². The Hall–Kier alpha value is -2.38.